The molecule has 180 valence electrons. The molecular weight excluding hydrogens is 436 g/mol. The van der Waals surface area contributed by atoms with Gasteiger partial charge in [0.25, 0.3) is 0 Å². The zero-order chi connectivity index (χ0) is 24.9. The van der Waals surface area contributed by atoms with Crippen LogP contribution in [0.15, 0.2) is 18.3 Å². The number of aryl methyl sites for hydroxylation is 2. The van der Waals surface area contributed by atoms with E-state index < -0.39 is 11.6 Å². The van der Waals surface area contributed by atoms with Gasteiger partial charge in [0.2, 0.25) is 0 Å². The Balaban J connectivity index is 1.80. The molecule has 0 saturated heterocycles. The van der Waals surface area contributed by atoms with Crippen LogP contribution in [0.3, 0.4) is 0 Å². The second-order valence-electron chi connectivity index (χ2n) is 9.05. The van der Waals surface area contributed by atoms with Crippen LogP contribution in [-0.2, 0) is 19.4 Å². The van der Waals surface area contributed by atoms with Crippen molar-refractivity contribution in [1.82, 2.24) is 14.9 Å². The number of rotatable bonds is 8. The predicted octanol–water partition coefficient (Wildman–Crippen LogP) is 1.88. The summed E-state index contributed by atoms with van der Waals surface area (Å²) in [5, 5.41) is 32.3. The highest BCUT2D eigenvalue weighted by molar-refractivity contribution is 6.01. The second-order valence-corrected chi connectivity index (χ2v) is 9.05. The molecule has 0 fully saturated rings. The monoisotopic (exact) mass is 466 g/mol. The Kier molecular flexibility index (Phi) is 7.94. The topological polar surface area (TPSA) is 143 Å². The summed E-state index contributed by atoms with van der Waals surface area (Å²) < 4.78 is 0. The van der Waals surface area contributed by atoms with Crippen molar-refractivity contribution in [3.8, 4) is 6.07 Å². The molecular formula is C24H30N6O4. The van der Waals surface area contributed by atoms with Crippen LogP contribution in [0.1, 0.15) is 52.5 Å². The van der Waals surface area contributed by atoms with Crippen LogP contribution in [0, 0.1) is 11.3 Å². The Morgan fingerprint density at radius 1 is 1.38 bits per heavy atom. The number of amides is 2. The fourth-order valence-corrected chi connectivity index (χ4v) is 4.20. The first-order valence-corrected chi connectivity index (χ1v) is 11.1. The van der Waals surface area contributed by atoms with Crippen molar-refractivity contribution < 1.29 is 19.8 Å². The number of carbonyl (C=O) groups excluding carboxylic acids is 2. The molecule has 2 aromatic rings. The first kappa shape index (κ1) is 25.2. The molecule has 2 amide bonds. The number of aromatic nitrogens is 2. The van der Waals surface area contributed by atoms with E-state index in [-0.39, 0.29) is 18.1 Å². The van der Waals surface area contributed by atoms with Crippen molar-refractivity contribution in [3.63, 3.8) is 0 Å². The van der Waals surface area contributed by atoms with Crippen molar-refractivity contribution in [3.05, 3.63) is 46.3 Å². The number of hydrogen-bond donors (Lipinski definition) is 3. The molecule has 34 heavy (non-hydrogen) atoms. The molecule has 1 unspecified atom stereocenters. The molecule has 0 saturated carbocycles. The van der Waals surface area contributed by atoms with Gasteiger partial charge in [0.15, 0.2) is 6.29 Å². The van der Waals surface area contributed by atoms with Crippen molar-refractivity contribution >= 4 is 24.0 Å². The van der Waals surface area contributed by atoms with Crippen LogP contribution in [0.25, 0.3) is 0 Å². The van der Waals surface area contributed by atoms with Crippen molar-refractivity contribution in [2.24, 2.45) is 0 Å². The largest absolute Gasteiger partial charge is 0.392 e. The molecule has 10 nitrogen and oxygen atoms in total. The quantitative estimate of drug-likeness (QED) is 0.501. The number of aldehydes is 1. The van der Waals surface area contributed by atoms with Gasteiger partial charge in [-0.05, 0) is 70.0 Å². The van der Waals surface area contributed by atoms with Crippen LogP contribution in [0.5, 0.6) is 0 Å². The van der Waals surface area contributed by atoms with Gasteiger partial charge in [-0.3, -0.25) is 15.0 Å². The molecule has 3 heterocycles. The van der Waals surface area contributed by atoms with E-state index >= 15 is 0 Å². The van der Waals surface area contributed by atoms with Gasteiger partial charge >= 0.3 is 6.03 Å². The molecule has 0 bridgehead atoms. The summed E-state index contributed by atoms with van der Waals surface area (Å²) in [4.78, 5) is 36.3. The number of aliphatic hydroxyl groups excluding tert-OH is 1. The minimum absolute atomic E-state index is 0.101. The molecule has 0 spiro atoms. The van der Waals surface area contributed by atoms with Crippen LogP contribution < -0.4 is 10.2 Å². The third kappa shape index (κ3) is 5.94. The van der Waals surface area contributed by atoms with Gasteiger partial charge in [-0.2, -0.15) is 5.26 Å². The number of urea groups is 1. The Hall–Kier alpha value is -3.39. The van der Waals surface area contributed by atoms with E-state index in [4.69, 9.17) is 0 Å². The molecule has 1 aliphatic heterocycles. The number of nitriles is 1. The average Bonchev–Trinajstić information content (AvgIpc) is 2.80. The Labute approximate surface area is 198 Å². The van der Waals surface area contributed by atoms with E-state index in [0.717, 1.165) is 5.56 Å². The van der Waals surface area contributed by atoms with Gasteiger partial charge in [0.1, 0.15) is 23.4 Å². The third-order valence-electron chi connectivity index (χ3n) is 5.74. The molecule has 0 radical (unpaired) electrons. The summed E-state index contributed by atoms with van der Waals surface area (Å²) in [5.74, 6) is 0.664. The van der Waals surface area contributed by atoms with Crippen LogP contribution in [0.4, 0.5) is 16.4 Å². The average molecular weight is 467 g/mol. The fraction of sp³-hybridized carbons (Fsp3) is 0.458. The summed E-state index contributed by atoms with van der Waals surface area (Å²) in [6.45, 7) is 2.34. The lowest BCUT2D eigenvalue weighted by Crippen LogP contribution is -2.40. The number of anilines is 2. The first-order valence-electron chi connectivity index (χ1n) is 11.1. The predicted molar refractivity (Wildman–Crippen MR) is 127 cm³/mol. The maximum Gasteiger partial charge on any atom is 0.328 e. The van der Waals surface area contributed by atoms with E-state index in [1.54, 1.807) is 19.1 Å². The molecule has 1 atom stereocenters. The number of carbonyl (C=O) groups is 2. The second kappa shape index (κ2) is 10.7. The van der Waals surface area contributed by atoms with Crippen LogP contribution >= 0.6 is 0 Å². The minimum Gasteiger partial charge on any atom is -0.392 e. The molecule has 2 aromatic heterocycles. The lowest BCUT2D eigenvalue weighted by Gasteiger charge is -2.29. The molecule has 3 N–H and O–H groups in total. The molecule has 1 aliphatic rings. The SMILES string of the molecule is CN(C)CC(C)(O)CCc1cc(NC(=O)N2CCCc3cc(CO)c(C=O)nc32)ncc1C#N. The zero-order valence-electron chi connectivity index (χ0n) is 19.7. The smallest absolute Gasteiger partial charge is 0.328 e. The minimum atomic E-state index is -0.935. The van der Waals surface area contributed by atoms with E-state index in [1.165, 1.54) is 11.1 Å². The maximum absolute atomic E-state index is 13.1. The summed E-state index contributed by atoms with van der Waals surface area (Å²) in [5.41, 5.74) is 1.45. The van der Waals surface area contributed by atoms with E-state index in [0.29, 0.717) is 67.6 Å². The highest BCUT2D eigenvalue weighted by Gasteiger charge is 2.26. The van der Waals surface area contributed by atoms with E-state index in [9.17, 15) is 25.1 Å². The van der Waals surface area contributed by atoms with Crippen LogP contribution in [0.2, 0.25) is 0 Å². The number of nitrogens with one attached hydrogen (secondary N) is 1. The normalized spacial score (nSPS) is 14.8. The highest BCUT2D eigenvalue weighted by atomic mass is 16.3. The summed E-state index contributed by atoms with van der Waals surface area (Å²) in [6.07, 6.45) is 4.24. The molecule has 0 aliphatic carbocycles. The molecule has 0 aromatic carbocycles. The van der Waals surface area contributed by atoms with Crippen molar-refractivity contribution in [1.29, 1.82) is 5.26 Å². The van der Waals surface area contributed by atoms with Gasteiger partial charge < -0.3 is 15.1 Å². The van der Waals surface area contributed by atoms with Gasteiger partial charge in [0.05, 0.1) is 17.8 Å². The van der Waals surface area contributed by atoms with Gasteiger partial charge in [0, 0.05) is 24.8 Å². The first-order chi connectivity index (χ1) is 16.2. The Morgan fingerprint density at radius 2 is 2.15 bits per heavy atom. The standard InChI is InChI=1S/C24H30N6O4/c1-24(34,15-29(2)3)7-6-16-10-21(26-12-19(16)11-25)28-23(33)30-8-4-5-17-9-18(13-31)20(14-32)27-22(17)30/h9-10,12,14,31,34H,4-8,13,15H2,1-3H3,(H,26,28,33). The number of fused-ring (bicyclic) bond motifs is 1. The van der Waals surface area contributed by atoms with Gasteiger partial charge in [-0.1, -0.05) is 0 Å². The lowest BCUT2D eigenvalue weighted by atomic mass is 9.95. The van der Waals surface area contributed by atoms with E-state index in [2.05, 4.69) is 21.4 Å². The molecule has 10 heteroatoms. The lowest BCUT2D eigenvalue weighted by molar-refractivity contribution is 0.0258. The highest BCUT2D eigenvalue weighted by Crippen LogP contribution is 2.28. The molecule has 3 rings (SSSR count). The van der Waals surface area contributed by atoms with Crippen molar-refractivity contribution in [2.75, 3.05) is 37.4 Å². The maximum atomic E-state index is 13.1. The fourth-order valence-electron chi connectivity index (χ4n) is 4.20. The number of hydrogen-bond acceptors (Lipinski definition) is 8. The van der Waals surface area contributed by atoms with Gasteiger partial charge in [-0.25, -0.2) is 14.8 Å². The Morgan fingerprint density at radius 3 is 2.79 bits per heavy atom. The van der Waals surface area contributed by atoms with Crippen molar-refractivity contribution in [2.45, 2.75) is 44.8 Å². The number of pyridine rings is 2. The van der Waals surface area contributed by atoms with E-state index in [1.807, 2.05) is 19.0 Å². The number of aliphatic hydroxyl groups is 2. The summed E-state index contributed by atoms with van der Waals surface area (Å²) >= 11 is 0. The summed E-state index contributed by atoms with van der Waals surface area (Å²) in [7, 11) is 3.76. The number of likely N-dealkylation sites (N-methyl/N-ethyl adjacent to an activating group) is 1. The third-order valence-corrected chi connectivity index (χ3v) is 5.74. The Bertz CT molecular complexity index is 1110. The van der Waals surface area contributed by atoms with Crippen LogP contribution in [-0.4, -0.2) is 70.2 Å². The zero-order valence-corrected chi connectivity index (χ0v) is 19.7. The van der Waals surface area contributed by atoms with Gasteiger partial charge in [-0.15, -0.1) is 0 Å². The number of nitrogens with zero attached hydrogens (tertiary/aromatic N) is 5. The summed E-state index contributed by atoms with van der Waals surface area (Å²) in [6, 6.07) is 5.01.